The van der Waals surface area contributed by atoms with Crippen molar-refractivity contribution in [3.05, 3.63) is 116 Å². The molecule has 0 unspecified atom stereocenters. The van der Waals surface area contributed by atoms with Crippen LogP contribution in [0, 0.1) is 0 Å². The highest BCUT2D eigenvalue weighted by Gasteiger charge is 2.24. The summed E-state index contributed by atoms with van der Waals surface area (Å²) in [6.45, 7) is 3.37. The molecule has 0 spiro atoms. The Kier molecular flexibility index (Phi) is 16.9. The van der Waals surface area contributed by atoms with Crippen molar-refractivity contribution in [3.63, 3.8) is 0 Å². The standard InChI is InChI=1S/C52H64N2O11/c1-10-11-15-64-50-29-41-20-39-28-47(61-7)37(26-49(39)63-9)18-35-24-43(57-3)33(22-45(35)59-5)16-32-21-44(58-4)34(23-42(32)56-2)17-36-25-48(62-8)38(27-46(36)60-6)19-40(50)30-51(41)65-31-52(55)54-14-12-13-53/h21-30H,10-20,31,53H2,1-9H3,(H,54,55). The van der Waals surface area contributed by atoms with Crippen LogP contribution in [0.15, 0.2) is 60.7 Å². The lowest BCUT2D eigenvalue weighted by Crippen LogP contribution is -2.30. The molecular formula is C52H64N2O11. The number of rotatable bonds is 18. The topological polar surface area (TPSA) is 147 Å². The van der Waals surface area contributed by atoms with E-state index in [1.165, 1.54) is 0 Å². The van der Waals surface area contributed by atoms with Crippen LogP contribution in [0.2, 0.25) is 0 Å². The lowest BCUT2D eigenvalue weighted by atomic mass is 9.94. The molecule has 15 rings (SSSR count). The van der Waals surface area contributed by atoms with Crippen LogP contribution in [0.5, 0.6) is 57.5 Å². The summed E-state index contributed by atoms with van der Waals surface area (Å²) in [6, 6.07) is 20.0. The molecule has 0 aliphatic heterocycles. The largest absolute Gasteiger partial charge is 0.496 e. The highest BCUT2D eigenvalue weighted by molar-refractivity contribution is 5.77. The average Bonchev–Trinajstić information content (AvgIpc) is 3.32. The van der Waals surface area contributed by atoms with Crippen LogP contribution in [0.25, 0.3) is 0 Å². The first-order chi connectivity index (χ1) is 31.6. The van der Waals surface area contributed by atoms with Crippen LogP contribution < -0.4 is 58.4 Å². The van der Waals surface area contributed by atoms with Crippen molar-refractivity contribution >= 4 is 5.91 Å². The number of methoxy groups -OCH3 is 8. The molecule has 0 aromatic heterocycles. The van der Waals surface area contributed by atoms with E-state index in [2.05, 4.69) is 12.2 Å². The van der Waals surface area contributed by atoms with E-state index in [0.29, 0.717) is 116 Å². The molecule has 10 bridgehead atoms. The lowest BCUT2D eigenvalue weighted by molar-refractivity contribution is -0.123. The Hall–Kier alpha value is -6.47. The third-order valence-corrected chi connectivity index (χ3v) is 11.7. The Morgan fingerprint density at radius 1 is 0.431 bits per heavy atom. The zero-order valence-electron chi connectivity index (χ0n) is 39.3. The fraction of sp³-hybridized carbons (Fsp3) is 0.404. The quantitative estimate of drug-likeness (QED) is 0.0805. The molecular weight excluding hydrogens is 829 g/mol. The summed E-state index contributed by atoms with van der Waals surface area (Å²) in [5.41, 5.74) is 14.4. The number of hydrogen-bond acceptors (Lipinski definition) is 12. The van der Waals surface area contributed by atoms with Gasteiger partial charge in [0.25, 0.3) is 5.91 Å². The number of hydrogen-bond donors (Lipinski definition) is 2. The summed E-state index contributed by atoms with van der Waals surface area (Å²) < 4.78 is 61.4. The van der Waals surface area contributed by atoms with Gasteiger partial charge in [-0.15, -0.1) is 0 Å². The lowest BCUT2D eigenvalue weighted by Gasteiger charge is -2.21. The van der Waals surface area contributed by atoms with Gasteiger partial charge in [-0.3, -0.25) is 4.79 Å². The minimum atomic E-state index is -0.251. The molecule has 0 heterocycles. The molecule has 13 heteroatoms. The predicted molar refractivity (Wildman–Crippen MR) is 251 cm³/mol. The molecule has 5 aromatic rings. The molecule has 5 aromatic carbocycles. The van der Waals surface area contributed by atoms with E-state index in [9.17, 15) is 4.79 Å². The summed E-state index contributed by atoms with van der Waals surface area (Å²) in [7, 11) is 13.3. The van der Waals surface area contributed by atoms with E-state index in [0.717, 1.165) is 68.5 Å². The van der Waals surface area contributed by atoms with Gasteiger partial charge < -0.3 is 58.4 Å². The van der Waals surface area contributed by atoms with Crippen molar-refractivity contribution in [3.8, 4) is 57.5 Å². The van der Waals surface area contributed by atoms with Gasteiger partial charge in [0, 0.05) is 94.3 Å². The first-order valence-corrected chi connectivity index (χ1v) is 22.0. The molecule has 1 amide bonds. The van der Waals surface area contributed by atoms with Gasteiger partial charge in [-0.25, -0.2) is 0 Å². The van der Waals surface area contributed by atoms with Gasteiger partial charge >= 0.3 is 0 Å². The van der Waals surface area contributed by atoms with Gasteiger partial charge in [-0.2, -0.15) is 0 Å². The molecule has 65 heavy (non-hydrogen) atoms. The monoisotopic (exact) mass is 892 g/mol. The van der Waals surface area contributed by atoms with E-state index < -0.39 is 0 Å². The van der Waals surface area contributed by atoms with Gasteiger partial charge in [0.05, 0.1) is 63.5 Å². The SMILES string of the molecule is CCCCOc1cc2c(OCC(=O)NCCCN)cc1Cc1cc(OC)c(cc1OC)Cc1cc(OC)c(cc1OC)Cc1cc(OC)c(cc1OC)Cc1cc(OC)c(cc1OC)C2. The number of carbonyl (C=O) groups is 1. The van der Waals surface area contributed by atoms with Crippen LogP contribution in [-0.4, -0.2) is 89.1 Å². The summed E-state index contributed by atoms with van der Waals surface area (Å²) >= 11 is 0. The number of carbonyl (C=O) groups excluding carboxylic acids is 1. The smallest absolute Gasteiger partial charge is 0.257 e. The predicted octanol–water partition coefficient (Wildman–Crippen LogP) is 8.05. The summed E-state index contributed by atoms with van der Waals surface area (Å²) in [6.07, 6.45) is 4.66. The number of nitrogens with one attached hydrogen (secondary N) is 1. The van der Waals surface area contributed by atoms with Crippen molar-refractivity contribution in [2.75, 3.05) is 83.2 Å². The number of nitrogens with two attached hydrogens (primary N) is 1. The van der Waals surface area contributed by atoms with Crippen LogP contribution in [0.3, 0.4) is 0 Å². The summed E-state index contributed by atoms with van der Waals surface area (Å²) in [5.74, 6) is 6.38. The fourth-order valence-corrected chi connectivity index (χ4v) is 8.27. The zero-order chi connectivity index (χ0) is 46.5. The fourth-order valence-electron chi connectivity index (χ4n) is 8.27. The van der Waals surface area contributed by atoms with E-state index >= 15 is 0 Å². The Bertz CT molecular complexity index is 2430. The van der Waals surface area contributed by atoms with E-state index in [1.54, 1.807) is 56.9 Å². The molecule has 13 nitrogen and oxygen atoms in total. The minimum Gasteiger partial charge on any atom is -0.496 e. The van der Waals surface area contributed by atoms with Gasteiger partial charge in [0.2, 0.25) is 0 Å². The van der Waals surface area contributed by atoms with Crippen LogP contribution in [0.4, 0.5) is 0 Å². The second kappa shape index (κ2) is 22.9. The van der Waals surface area contributed by atoms with Crippen LogP contribution in [0.1, 0.15) is 81.8 Å². The second-order valence-electron chi connectivity index (χ2n) is 15.8. The molecule has 0 saturated heterocycles. The maximum Gasteiger partial charge on any atom is 0.257 e. The Morgan fingerprint density at radius 3 is 0.954 bits per heavy atom. The zero-order valence-corrected chi connectivity index (χ0v) is 39.3. The number of amides is 1. The van der Waals surface area contributed by atoms with Gasteiger partial charge in [0.1, 0.15) is 57.5 Å². The first-order valence-electron chi connectivity index (χ1n) is 22.0. The van der Waals surface area contributed by atoms with Gasteiger partial charge in [0.15, 0.2) is 6.61 Å². The molecule has 348 valence electrons. The second-order valence-corrected chi connectivity index (χ2v) is 15.8. The number of benzene rings is 5. The van der Waals surface area contributed by atoms with E-state index in [1.807, 2.05) is 60.7 Å². The van der Waals surface area contributed by atoms with Crippen LogP contribution in [-0.2, 0) is 36.9 Å². The molecule has 0 radical (unpaired) electrons. The third-order valence-electron chi connectivity index (χ3n) is 11.7. The Balaban J connectivity index is 1.60. The maximum atomic E-state index is 13.0. The van der Waals surface area contributed by atoms with E-state index in [-0.39, 0.29) is 12.5 Å². The summed E-state index contributed by atoms with van der Waals surface area (Å²) in [4.78, 5) is 13.0. The Morgan fingerprint density at radius 2 is 0.692 bits per heavy atom. The highest BCUT2D eigenvalue weighted by atomic mass is 16.5. The number of ether oxygens (including phenoxy) is 10. The van der Waals surface area contributed by atoms with Crippen LogP contribution >= 0.6 is 0 Å². The van der Waals surface area contributed by atoms with Crippen molar-refractivity contribution in [2.45, 2.75) is 58.3 Å². The first kappa shape index (κ1) is 48.0. The molecule has 0 saturated carbocycles. The van der Waals surface area contributed by atoms with Crippen molar-refractivity contribution in [2.24, 2.45) is 5.73 Å². The molecule has 10 aliphatic rings. The molecule has 0 atom stereocenters. The normalized spacial score (nSPS) is 12.0. The van der Waals surface area contributed by atoms with Crippen molar-refractivity contribution in [1.82, 2.24) is 5.32 Å². The van der Waals surface area contributed by atoms with E-state index in [4.69, 9.17) is 53.1 Å². The molecule has 10 aliphatic carbocycles. The number of unbranched alkanes of at least 4 members (excludes halogenated alkanes) is 1. The average molecular weight is 893 g/mol. The van der Waals surface area contributed by atoms with Crippen molar-refractivity contribution < 1.29 is 52.2 Å². The summed E-state index contributed by atoms with van der Waals surface area (Å²) in [5, 5.41) is 2.90. The maximum absolute atomic E-state index is 13.0. The molecule has 0 fully saturated rings. The highest BCUT2D eigenvalue weighted by Crippen LogP contribution is 2.42. The van der Waals surface area contributed by atoms with Gasteiger partial charge in [-0.05, 0) is 80.1 Å². The van der Waals surface area contributed by atoms with Crippen molar-refractivity contribution in [1.29, 1.82) is 0 Å². The molecule has 3 N–H and O–H groups in total. The Labute approximate surface area is 383 Å². The minimum absolute atomic E-state index is 0.197. The van der Waals surface area contributed by atoms with Gasteiger partial charge in [-0.1, -0.05) is 13.3 Å². The third kappa shape index (κ3) is 11.4.